The fourth-order valence-electron chi connectivity index (χ4n) is 8.06. The van der Waals surface area contributed by atoms with Crippen molar-refractivity contribution in [2.75, 3.05) is 13.2 Å². The molecule has 4 aliphatic carbocycles. The van der Waals surface area contributed by atoms with Crippen LogP contribution in [0.4, 0.5) is 0 Å². The zero-order valence-corrected chi connectivity index (χ0v) is 15.4. The second-order valence-corrected chi connectivity index (χ2v) is 10.1. The third-order valence-corrected chi connectivity index (χ3v) is 9.35. The highest BCUT2D eigenvalue weighted by molar-refractivity contribution is 5.10. The quantitative estimate of drug-likeness (QED) is 0.724. The standard InChI is InChI=1S/C21H34O3/c1-19-9-8-17-15(16(19)5-6-18(19)22)4-3-14-7-10-21(13-20(14,17)2)23-11-12-24-21/h14-18,22H,3-13H2,1-2H3/t14-,15?,16?,17?,18+,19?,20?/m0/s1. The van der Waals surface area contributed by atoms with Crippen LogP contribution in [-0.4, -0.2) is 30.2 Å². The normalized spacial score (nSPS) is 55.9. The monoisotopic (exact) mass is 334 g/mol. The van der Waals surface area contributed by atoms with Crippen molar-refractivity contribution in [2.45, 2.75) is 83.5 Å². The molecule has 1 saturated heterocycles. The third kappa shape index (κ3) is 2.01. The van der Waals surface area contributed by atoms with E-state index >= 15 is 0 Å². The van der Waals surface area contributed by atoms with E-state index in [2.05, 4.69) is 13.8 Å². The van der Waals surface area contributed by atoms with Crippen LogP contribution < -0.4 is 0 Å². The Morgan fingerprint density at radius 3 is 2.33 bits per heavy atom. The molecule has 0 aromatic carbocycles. The summed E-state index contributed by atoms with van der Waals surface area (Å²) in [6.45, 7) is 6.50. The van der Waals surface area contributed by atoms with Gasteiger partial charge in [-0.25, -0.2) is 0 Å². The Kier molecular flexibility index (Phi) is 3.49. The minimum atomic E-state index is -0.261. The van der Waals surface area contributed by atoms with E-state index in [0.717, 1.165) is 56.1 Å². The Hall–Kier alpha value is -0.120. The summed E-state index contributed by atoms with van der Waals surface area (Å²) in [5.41, 5.74) is 0.567. The molecule has 4 saturated carbocycles. The Balaban J connectivity index is 1.46. The summed E-state index contributed by atoms with van der Waals surface area (Å²) in [7, 11) is 0. The maximum atomic E-state index is 10.6. The second-order valence-electron chi connectivity index (χ2n) is 10.1. The first-order chi connectivity index (χ1) is 11.5. The van der Waals surface area contributed by atoms with Crippen LogP contribution in [0.5, 0.6) is 0 Å². The summed E-state index contributed by atoms with van der Waals surface area (Å²) < 4.78 is 12.3. The second kappa shape index (κ2) is 5.20. The molecule has 0 aromatic rings. The smallest absolute Gasteiger partial charge is 0.169 e. The van der Waals surface area contributed by atoms with E-state index in [1.165, 1.54) is 38.5 Å². The maximum Gasteiger partial charge on any atom is 0.169 e. The molecule has 1 N–H and O–H groups in total. The topological polar surface area (TPSA) is 38.7 Å². The molecule has 24 heavy (non-hydrogen) atoms. The maximum absolute atomic E-state index is 10.6. The Morgan fingerprint density at radius 1 is 0.792 bits per heavy atom. The van der Waals surface area contributed by atoms with E-state index in [1.54, 1.807) is 0 Å². The van der Waals surface area contributed by atoms with Crippen molar-refractivity contribution in [3.63, 3.8) is 0 Å². The molecule has 0 aromatic heterocycles. The van der Waals surface area contributed by atoms with E-state index in [1.807, 2.05) is 0 Å². The Bertz CT molecular complexity index is 513. The van der Waals surface area contributed by atoms with Crippen LogP contribution in [0.15, 0.2) is 0 Å². The van der Waals surface area contributed by atoms with Crippen LogP contribution in [0.2, 0.25) is 0 Å². The summed E-state index contributed by atoms with van der Waals surface area (Å²) in [4.78, 5) is 0. The summed E-state index contributed by atoms with van der Waals surface area (Å²) in [5, 5.41) is 10.6. The number of hydrogen-bond acceptors (Lipinski definition) is 3. The average molecular weight is 335 g/mol. The first kappa shape index (κ1) is 16.1. The highest BCUT2D eigenvalue weighted by atomic mass is 16.7. The number of aliphatic hydroxyl groups excluding tert-OH is 1. The van der Waals surface area contributed by atoms with E-state index in [-0.39, 0.29) is 17.3 Å². The van der Waals surface area contributed by atoms with Gasteiger partial charge < -0.3 is 14.6 Å². The van der Waals surface area contributed by atoms with E-state index in [0.29, 0.717) is 5.41 Å². The molecule has 0 bridgehead atoms. The van der Waals surface area contributed by atoms with Crippen molar-refractivity contribution in [1.82, 2.24) is 0 Å². The molecular formula is C21H34O3. The molecule has 5 unspecified atom stereocenters. The molecule has 0 amide bonds. The highest BCUT2D eigenvalue weighted by Gasteiger charge is 2.62. The summed E-state index contributed by atoms with van der Waals surface area (Å²) in [5.74, 6) is 2.96. The number of fused-ring (bicyclic) bond motifs is 5. The van der Waals surface area contributed by atoms with E-state index < -0.39 is 0 Å². The molecule has 1 spiro atoms. The first-order valence-electron chi connectivity index (χ1n) is 10.4. The zero-order chi connectivity index (χ0) is 16.6. The lowest BCUT2D eigenvalue weighted by Crippen LogP contribution is -2.57. The Labute approximate surface area is 146 Å². The molecule has 7 atom stereocenters. The molecule has 136 valence electrons. The van der Waals surface area contributed by atoms with Crippen molar-refractivity contribution in [1.29, 1.82) is 0 Å². The van der Waals surface area contributed by atoms with Gasteiger partial charge in [-0.2, -0.15) is 0 Å². The lowest BCUT2D eigenvalue weighted by molar-refractivity contribution is -0.239. The minimum Gasteiger partial charge on any atom is -0.393 e. The van der Waals surface area contributed by atoms with Crippen LogP contribution in [0, 0.1) is 34.5 Å². The fraction of sp³-hybridized carbons (Fsp3) is 1.00. The van der Waals surface area contributed by atoms with Crippen LogP contribution in [0.1, 0.15) is 71.6 Å². The summed E-state index contributed by atoms with van der Waals surface area (Å²) >= 11 is 0. The predicted octanol–water partition coefficient (Wildman–Crippen LogP) is 4.13. The van der Waals surface area contributed by atoms with Gasteiger partial charge >= 0.3 is 0 Å². The van der Waals surface area contributed by atoms with Gasteiger partial charge in [-0.15, -0.1) is 0 Å². The van der Waals surface area contributed by atoms with Crippen LogP contribution >= 0.6 is 0 Å². The summed E-state index contributed by atoms with van der Waals surface area (Å²) in [6.07, 6.45) is 11.0. The molecule has 0 radical (unpaired) electrons. The predicted molar refractivity (Wildman–Crippen MR) is 92.4 cm³/mol. The van der Waals surface area contributed by atoms with Crippen molar-refractivity contribution >= 4 is 0 Å². The van der Waals surface area contributed by atoms with Crippen LogP contribution in [0.25, 0.3) is 0 Å². The molecule has 5 aliphatic rings. The van der Waals surface area contributed by atoms with Crippen LogP contribution in [0.3, 0.4) is 0 Å². The largest absolute Gasteiger partial charge is 0.393 e. The highest BCUT2D eigenvalue weighted by Crippen LogP contribution is 2.67. The molecule has 1 heterocycles. The third-order valence-electron chi connectivity index (χ3n) is 9.35. The van der Waals surface area contributed by atoms with E-state index in [9.17, 15) is 5.11 Å². The van der Waals surface area contributed by atoms with Crippen LogP contribution in [-0.2, 0) is 9.47 Å². The number of ether oxygens (including phenoxy) is 2. The van der Waals surface area contributed by atoms with Gasteiger partial charge in [0.25, 0.3) is 0 Å². The number of rotatable bonds is 0. The summed E-state index contributed by atoms with van der Waals surface area (Å²) in [6, 6.07) is 0. The average Bonchev–Trinajstić information content (AvgIpc) is 3.12. The van der Waals surface area contributed by atoms with Gasteiger partial charge in [-0.1, -0.05) is 13.8 Å². The lowest BCUT2D eigenvalue weighted by Gasteiger charge is -2.62. The number of hydrogen-bond donors (Lipinski definition) is 1. The molecule has 1 aliphatic heterocycles. The van der Waals surface area contributed by atoms with Crippen molar-refractivity contribution in [2.24, 2.45) is 34.5 Å². The SMILES string of the molecule is CC12CC3(CC[C@@H]1CCC1C2CCC2(C)C1CC[C@H]2O)OCCO3. The first-order valence-corrected chi connectivity index (χ1v) is 10.4. The van der Waals surface area contributed by atoms with Crippen molar-refractivity contribution in [3.05, 3.63) is 0 Å². The van der Waals surface area contributed by atoms with Crippen molar-refractivity contribution < 1.29 is 14.6 Å². The molecular weight excluding hydrogens is 300 g/mol. The van der Waals surface area contributed by atoms with Gasteiger partial charge in [0.05, 0.1) is 19.3 Å². The molecule has 3 heteroatoms. The molecule has 5 rings (SSSR count). The van der Waals surface area contributed by atoms with Crippen molar-refractivity contribution in [3.8, 4) is 0 Å². The molecule has 3 nitrogen and oxygen atoms in total. The van der Waals surface area contributed by atoms with Gasteiger partial charge in [0.15, 0.2) is 5.79 Å². The van der Waals surface area contributed by atoms with Gasteiger partial charge in [-0.3, -0.25) is 0 Å². The zero-order valence-electron chi connectivity index (χ0n) is 15.4. The Morgan fingerprint density at radius 2 is 1.54 bits per heavy atom. The van der Waals surface area contributed by atoms with Gasteiger partial charge in [-0.05, 0) is 79.4 Å². The lowest BCUT2D eigenvalue weighted by atomic mass is 9.44. The molecule has 5 fully saturated rings. The number of aliphatic hydroxyl groups is 1. The van der Waals surface area contributed by atoms with Gasteiger partial charge in [0.1, 0.15) is 0 Å². The van der Waals surface area contributed by atoms with E-state index in [4.69, 9.17) is 9.47 Å². The fourth-order valence-corrected chi connectivity index (χ4v) is 8.06. The minimum absolute atomic E-state index is 0.0619. The van der Waals surface area contributed by atoms with Gasteiger partial charge in [0, 0.05) is 12.8 Å². The van der Waals surface area contributed by atoms with Gasteiger partial charge in [0.2, 0.25) is 0 Å².